The molecule has 0 aliphatic rings. The summed E-state index contributed by atoms with van der Waals surface area (Å²) in [7, 11) is 0. The van der Waals surface area contributed by atoms with Gasteiger partial charge in [0.15, 0.2) is 0 Å². The molecule has 0 aliphatic heterocycles. The average molecular weight is 411 g/mol. The van der Waals surface area contributed by atoms with E-state index in [1.807, 2.05) is 36.4 Å². The van der Waals surface area contributed by atoms with E-state index < -0.39 is 4.92 Å². The number of anilines is 1. The van der Waals surface area contributed by atoms with Crippen molar-refractivity contribution in [1.82, 2.24) is 9.97 Å². The lowest BCUT2D eigenvalue weighted by atomic mass is 10.1. The predicted molar refractivity (Wildman–Crippen MR) is 119 cm³/mol. The summed E-state index contributed by atoms with van der Waals surface area (Å²) in [6, 6.07) is 24.3. The molecule has 0 fully saturated rings. The molecule has 31 heavy (non-hydrogen) atoms. The normalized spacial score (nSPS) is 10.8. The van der Waals surface area contributed by atoms with Gasteiger partial charge in [-0.1, -0.05) is 42.5 Å². The second kappa shape index (κ2) is 8.83. The summed E-state index contributed by atoms with van der Waals surface area (Å²) in [5.41, 5.74) is 6.17. The molecule has 1 heterocycles. The molecule has 3 aromatic carbocycles. The molecular formula is C23H17N5O3. The van der Waals surface area contributed by atoms with Crippen LogP contribution in [0.3, 0.4) is 0 Å². The maximum atomic E-state index is 10.8. The molecule has 0 unspecified atom stereocenters. The summed E-state index contributed by atoms with van der Waals surface area (Å²) in [4.78, 5) is 19.3. The van der Waals surface area contributed by atoms with E-state index in [1.165, 1.54) is 18.3 Å². The number of rotatable bonds is 6. The van der Waals surface area contributed by atoms with Crippen LogP contribution in [0.25, 0.3) is 22.5 Å². The van der Waals surface area contributed by atoms with Crippen molar-refractivity contribution < 1.29 is 10.0 Å². The summed E-state index contributed by atoms with van der Waals surface area (Å²) in [5, 5.41) is 25.1. The van der Waals surface area contributed by atoms with Crippen molar-refractivity contribution in [2.75, 3.05) is 5.43 Å². The molecule has 0 amide bonds. The lowest BCUT2D eigenvalue weighted by Crippen LogP contribution is -2.00. The molecule has 2 N–H and O–H groups in total. The molecule has 152 valence electrons. The van der Waals surface area contributed by atoms with Gasteiger partial charge in [-0.15, -0.1) is 0 Å². The number of aromatic nitrogens is 2. The summed E-state index contributed by atoms with van der Waals surface area (Å²) < 4.78 is 0. The van der Waals surface area contributed by atoms with Crippen LogP contribution in [0.5, 0.6) is 5.75 Å². The molecule has 4 rings (SSSR count). The number of nitrogens with one attached hydrogen (secondary N) is 1. The van der Waals surface area contributed by atoms with Gasteiger partial charge in [0.25, 0.3) is 5.69 Å². The first kappa shape index (κ1) is 19.7. The van der Waals surface area contributed by atoms with E-state index in [0.717, 1.165) is 5.56 Å². The highest BCUT2D eigenvalue weighted by atomic mass is 16.6. The van der Waals surface area contributed by atoms with Gasteiger partial charge < -0.3 is 5.11 Å². The van der Waals surface area contributed by atoms with Crippen LogP contribution in [0.2, 0.25) is 0 Å². The molecule has 0 aliphatic carbocycles. The maximum Gasteiger partial charge on any atom is 0.269 e. The van der Waals surface area contributed by atoms with Crippen molar-refractivity contribution in [1.29, 1.82) is 0 Å². The number of phenols is 1. The van der Waals surface area contributed by atoms with Gasteiger partial charge in [0, 0.05) is 23.3 Å². The zero-order chi connectivity index (χ0) is 21.6. The molecule has 4 aromatic rings. The molecule has 0 radical (unpaired) electrons. The first-order chi connectivity index (χ1) is 15.1. The van der Waals surface area contributed by atoms with Gasteiger partial charge in [-0.2, -0.15) is 5.10 Å². The van der Waals surface area contributed by atoms with Crippen molar-refractivity contribution in [3.63, 3.8) is 0 Å². The van der Waals surface area contributed by atoms with Crippen molar-refractivity contribution in [3.8, 4) is 28.3 Å². The van der Waals surface area contributed by atoms with Crippen LogP contribution < -0.4 is 5.43 Å². The van der Waals surface area contributed by atoms with Gasteiger partial charge in [0.1, 0.15) is 5.75 Å². The average Bonchev–Trinajstić information content (AvgIpc) is 2.80. The van der Waals surface area contributed by atoms with E-state index in [0.29, 0.717) is 22.5 Å². The fraction of sp³-hybridized carbons (Fsp3) is 0. The fourth-order valence-corrected chi connectivity index (χ4v) is 2.93. The lowest BCUT2D eigenvalue weighted by Gasteiger charge is -2.09. The van der Waals surface area contributed by atoms with Gasteiger partial charge >= 0.3 is 0 Å². The van der Waals surface area contributed by atoms with E-state index >= 15 is 0 Å². The Morgan fingerprint density at radius 2 is 1.58 bits per heavy atom. The molecule has 1 aromatic heterocycles. The minimum absolute atomic E-state index is 0.0105. The van der Waals surface area contributed by atoms with Crippen LogP contribution in [-0.4, -0.2) is 26.2 Å². The van der Waals surface area contributed by atoms with Crippen LogP contribution in [0.15, 0.2) is 90.0 Å². The summed E-state index contributed by atoms with van der Waals surface area (Å²) in [6.07, 6.45) is 1.52. The van der Waals surface area contributed by atoms with Crippen LogP contribution in [-0.2, 0) is 0 Å². The highest BCUT2D eigenvalue weighted by Gasteiger charge is 2.11. The van der Waals surface area contributed by atoms with Crippen LogP contribution >= 0.6 is 0 Å². The molecule has 0 atom stereocenters. The monoisotopic (exact) mass is 411 g/mol. The van der Waals surface area contributed by atoms with Crippen molar-refractivity contribution in [2.24, 2.45) is 5.10 Å². The highest BCUT2D eigenvalue weighted by Crippen LogP contribution is 2.30. The van der Waals surface area contributed by atoms with E-state index in [1.54, 1.807) is 36.4 Å². The Bertz CT molecular complexity index is 1240. The Balaban J connectivity index is 1.65. The number of aromatic hydroxyl groups is 1. The number of non-ortho nitro benzene ring substituents is 1. The number of para-hydroxylation sites is 1. The summed E-state index contributed by atoms with van der Waals surface area (Å²) >= 11 is 0. The third kappa shape index (κ3) is 4.70. The van der Waals surface area contributed by atoms with Crippen LogP contribution in [0.1, 0.15) is 5.56 Å². The van der Waals surface area contributed by atoms with E-state index in [2.05, 4.69) is 20.5 Å². The number of hydrazone groups is 1. The van der Waals surface area contributed by atoms with E-state index in [-0.39, 0.29) is 17.4 Å². The molecule has 0 saturated heterocycles. The van der Waals surface area contributed by atoms with Gasteiger partial charge in [-0.05, 0) is 35.9 Å². The number of phenolic OH excluding ortho intramolecular Hbond substituents is 1. The number of nitro groups is 1. The molecule has 0 spiro atoms. The van der Waals surface area contributed by atoms with Gasteiger partial charge in [-0.25, -0.2) is 15.4 Å². The quantitative estimate of drug-likeness (QED) is 0.266. The first-order valence-electron chi connectivity index (χ1n) is 9.36. The largest absolute Gasteiger partial charge is 0.507 e. The third-order valence-electron chi connectivity index (χ3n) is 4.46. The second-order valence-electron chi connectivity index (χ2n) is 6.56. The first-order valence-corrected chi connectivity index (χ1v) is 9.36. The maximum absolute atomic E-state index is 10.8. The smallest absolute Gasteiger partial charge is 0.269 e. The summed E-state index contributed by atoms with van der Waals surface area (Å²) in [6.45, 7) is 0. The highest BCUT2D eigenvalue weighted by molar-refractivity contribution is 5.80. The number of hydrogen-bond acceptors (Lipinski definition) is 7. The molecular weight excluding hydrogens is 394 g/mol. The number of benzene rings is 3. The number of nitrogens with zero attached hydrogens (tertiary/aromatic N) is 4. The van der Waals surface area contributed by atoms with Crippen LogP contribution in [0.4, 0.5) is 11.6 Å². The number of hydrogen-bond donors (Lipinski definition) is 2. The SMILES string of the molecule is O=[N+]([O-])c1ccc(/C=N/Nc2nc(-c3ccccc3)cc(-c3ccccc3O)n2)cc1. The molecule has 0 bridgehead atoms. The molecule has 0 saturated carbocycles. The van der Waals surface area contributed by atoms with Gasteiger partial charge in [-0.3, -0.25) is 10.1 Å². The zero-order valence-corrected chi connectivity index (χ0v) is 16.2. The van der Waals surface area contributed by atoms with Crippen LogP contribution in [0, 0.1) is 10.1 Å². The van der Waals surface area contributed by atoms with E-state index in [4.69, 9.17) is 0 Å². The predicted octanol–water partition coefficient (Wildman–Crippen LogP) is 4.87. The van der Waals surface area contributed by atoms with E-state index in [9.17, 15) is 15.2 Å². The van der Waals surface area contributed by atoms with Crippen molar-refractivity contribution >= 4 is 17.9 Å². The molecule has 8 heteroatoms. The Kier molecular flexibility index (Phi) is 5.62. The minimum atomic E-state index is -0.456. The molecule has 8 nitrogen and oxygen atoms in total. The third-order valence-corrected chi connectivity index (χ3v) is 4.46. The topological polar surface area (TPSA) is 114 Å². The summed E-state index contributed by atoms with van der Waals surface area (Å²) in [5.74, 6) is 0.360. The number of nitro benzene ring substituents is 1. The standard InChI is InChI=1S/C23H17N5O3/c29-22-9-5-4-8-19(22)21-14-20(17-6-2-1-3-7-17)25-23(26-21)27-24-15-16-10-12-18(13-11-16)28(30)31/h1-15,29H,(H,25,26,27)/b24-15+. The van der Waals surface area contributed by atoms with Gasteiger partial charge in [0.2, 0.25) is 5.95 Å². The minimum Gasteiger partial charge on any atom is -0.507 e. The van der Waals surface area contributed by atoms with Crippen molar-refractivity contribution in [3.05, 3.63) is 101 Å². The Hall–Kier alpha value is -4.59. The van der Waals surface area contributed by atoms with Gasteiger partial charge in [0.05, 0.1) is 22.5 Å². The zero-order valence-electron chi connectivity index (χ0n) is 16.2. The Morgan fingerprint density at radius 3 is 2.29 bits per heavy atom. The lowest BCUT2D eigenvalue weighted by molar-refractivity contribution is -0.384. The van der Waals surface area contributed by atoms with Crippen molar-refractivity contribution in [2.45, 2.75) is 0 Å². The second-order valence-corrected chi connectivity index (χ2v) is 6.56. The fourth-order valence-electron chi connectivity index (χ4n) is 2.93. The Morgan fingerprint density at radius 1 is 0.903 bits per heavy atom. The Labute approximate surface area is 177 Å².